The van der Waals surface area contributed by atoms with Crippen molar-refractivity contribution >= 4 is 42.2 Å². The number of fused-ring (bicyclic) bond motifs is 1. The number of anilines is 1. The SMILES string of the molecule is COC(=O)[C@H](C)NP(=O)(OC[C@H]1O[C@@H](n2ccc3c(N)nc(Cl)nc32)[C@H](F)C1O)Oc1ccccc1. The summed E-state index contributed by atoms with van der Waals surface area (Å²) in [5, 5.41) is 13.3. The average molecular weight is 544 g/mol. The van der Waals surface area contributed by atoms with Crippen molar-refractivity contribution in [2.45, 2.75) is 37.6 Å². The van der Waals surface area contributed by atoms with Crippen LogP contribution >= 0.6 is 19.3 Å². The molecule has 3 heterocycles. The van der Waals surface area contributed by atoms with E-state index in [2.05, 4.69) is 19.8 Å². The van der Waals surface area contributed by atoms with Gasteiger partial charge in [-0.05, 0) is 36.7 Å². The molecular formula is C21H24ClFN5O7P. The molecule has 0 radical (unpaired) electrons. The molecular weight excluding hydrogens is 520 g/mol. The number of carbonyl (C=O) groups is 1. The van der Waals surface area contributed by atoms with Crippen LogP contribution in [-0.2, 0) is 23.4 Å². The zero-order chi connectivity index (χ0) is 26.0. The Labute approximate surface area is 210 Å². The number of aliphatic hydroxyl groups excluding tert-OH is 1. The van der Waals surface area contributed by atoms with Crippen LogP contribution < -0.4 is 15.3 Å². The fourth-order valence-corrected chi connectivity index (χ4v) is 5.32. The number of benzene rings is 1. The molecule has 15 heteroatoms. The summed E-state index contributed by atoms with van der Waals surface area (Å²) in [5.74, 6) is -0.425. The number of methoxy groups -OCH3 is 1. The average Bonchev–Trinajstić information content (AvgIpc) is 3.38. The van der Waals surface area contributed by atoms with Gasteiger partial charge in [-0.15, -0.1) is 0 Å². The minimum atomic E-state index is -4.22. The number of hydrogen-bond donors (Lipinski definition) is 3. The quantitative estimate of drug-likeness (QED) is 0.207. The van der Waals surface area contributed by atoms with E-state index in [0.29, 0.717) is 5.39 Å². The molecule has 2 aromatic heterocycles. The highest BCUT2D eigenvalue weighted by atomic mass is 35.5. The summed E-state index contributed by atoms with van der Waals surface area (Å²) in [4.78, 5) is 19.8. The molecule has 3 aromatic rings. The van der Waals surface area contributed by atoms with Gasteiger partial charge in [-0.3, -0.25) is 9.32 Å². The lowest BCUT2D eigenvalue weighted by atomic mass is 10.1. The molecule has 1 aliphatic rings. The van der Waals surface area contributed by atoms with Crippen molar-refractivity contribution in [3.05, 3.63) is 47.9 Å². The molecule has 0 aliphatic carbocycles. The van der Waals surface area contributed by atoms with Gasteiger partial charge in [0.15, 0.2) is 12.4 Å². The van der Waals surface area contributed by atoms with Gasteiger partial charge in [0.2, 0.25) is 5.28 Å². The third kappa shape index (κ3) is 5.46. The van der Waals surface area contributed by atoms with E-state index in [0.717, 1.165) is 0 Å². The highest BCUT2D eigenvalue weighted by molar-refractivity contribution is 7.52. The zero-order valence-corrected chi connectivity index (χ0v) is 20.8. The van der Waals surface area contributed by atoms with Crippen LogP contribution in [0.5, 0.6) is 5.75 Å². The van der Waals surface area contributed by atoms with Crippen LogP contribution in [0, 0.1) is 0 Å². The summed E-state index contributed by atoms with van der Waals surface area (Å²) in [6, 6.07) is 8.58. The molecule has 1 fully saturated rings. The summed E-state index contributed by atoms with van der Waals surface area (Å²) in [6.07, 6.45) is -4.64. The topological polar surface area (TPSA) is 160 Å². The first-order chi connectivity index (χ1) is 17.1. The Kier molecular flexibility index (Phi) is 7.79. The number of nitrogen functional groups attached to an aromatic ring is 1. The van der Waals surface area contributed by atoms with Crippen molar-refractivity contribution in [2.24, 2.45) is 0 Å². The van der Waals surface area contributed by atoms with Crippen LogP contribution in [0.1, 0.15) is 13.2 Å². The maximum atomic E-state index is 15.1. The predicted molar refractivity (Wildman–Crippen MR) is 127 cm³/mol. The second-order valence-corrected chi connectivity index (χ2v) is 9.94. The third-order valence-corrected chi connectivity index (χ3v) is 7.24. The Bertz CT molecular complexity index is 1280. The maximum Gasteiger partial charge on any atom is 0.459 e. The van der Waals surface area contributed by atoms with Crippen molar-refractivity contribution in [2.75, 3.05) is 19.5 Å². The number of nitrogens with zero attached hydrogens (tertiary/aromatic N) is 3. The van der Waals surface area contributed by atoms with Crippen LogP contribution in [0.15, 0.2) is 42.6 Å². The molecule has 4 rings (SSSR count). The second-order valence-electron chi connectivity index (χ2n) is 7.91. The highest BCUT2D eigenvalue weighted by Gasteiger charge is 2.47. The monoisotopic (exact) mass is 543 g/mol. The van der Waals surface area contributed by atoms with Crippen LogP contribution in [0.3, 0.4) is 0 Å². The normalized spacial score (nSPS) is 24.4. The van der Waals surface area contributed by atoms with E-state index in [9.17, 15) is 14.5 Å². The van der Waals surface area contributed by atoms with Gasteiger partial charge in [-0.2, -0.15) is 10.1 Å². The number of esters is 1. The first-order valence-electron chi connectivity index (χ1n) is 10.7. The van der Waals surface area contributed by atoms with Crippen molar-refractivity contribution in [3.8, 4) is 5.75 Å². The number of rotatable bonds is 9. The second kappa shape index (κ2) is 10.7. The number of alkyl halides is 1. The van der Waals surface area contributed by atoms with E-state index in [-0.39, 0.29) is 22.5 Å². The van der Waals surface area contributed by atoms with Crippen LogP contribution in [0.25, 0.3) is 11.0 Å². The summed E-state index contributed by atoms with van der Waals surface area (Å²) < 4.78 is 51.3. The maximum absolute atomic E-state index is 15.1. The number of carbonyl (C=O) groups excluding carboxylic acids is 1. The van der Waals surface area contributed by atoms with E-state index in [1.54, 1.807) is 24.3 Å². The Hall–Kier alpha value is -2.80. The lowest BCUT2D eigenvalue weighted by Crippen LogP contribution is -2.36. The largest absolute Gasteiger partial charge is 0.468 e. The van der Waals surface area contributed by atoms with E-state index in [1.807, 2.05) is 0 Å². The fraction of sp³-hybridized carbons (Fsp3) is 0.381. The minimum absolute atomic E-state index is 0.0994. The third-order valence-electron chi connectivity index (χ3n) is 5.43. The van der Waals surface area contributed by atoms with E-state index >= 15 is 4.39 Å². The molecule has 1 aliphatic heterocycles. The molecule has 0 bridgehead atoms. The Morgan fingerprint density at radius 2 is 2.08 bits per heavy atom. The molecule has 194 valence electrons. The van der Waals surface area contributed by atoms with Crippen molar-refractivity contribution in [1.29, 1.82) is 0 Å². The Morgan fingerprint density at radius 1 is 1.36 bits per heavy atom. The molecule has 0 saturated carbocycles. The number of nitrogens with one attached hydrogen (secondary N) is 1. The van der Waals surface area contributed by atoms with E-state index in [1.165, 1.54) is 36.9 Å². The summed E-state index contributed by atoms with van der Waals surface area (Å²) >= 11 is 5.89. The number of aromatic nitrogens is 3. The highest BCUT2D eigenvalue weighted by Crippen LogP contribution is 2.46. The molecule has 6 atom stereocenters. The molecule has 1 aromatic carbocycles. The predicted octanol–water partition coefficient (Wildman–Crippen LogP) is 2.62. The van der Waals surface area contributed by atoms with Crippen LogP contribution in [-0.4, -0.2) is 63.7 Å². The lowest BCUT2D eigenvalue weighted by molar-refractivity contribution is -0.142. The molecule has 1 saturated heterocycles. The number of ether oxygens (including phenoxy) is 2. The van der Waals surface area contributed by atoms with Gasteiger partial charge >= 0.3 is 13.7 Å². The van der Waals surface area contributed by atoms with E-state index < -0.39 is 51.0 Å². The summed E-state index contributed by atoms with van der Waals surface area (Å²) in [6.45, 7) is 0.862. The fourth-order valence-electron chi connectivity index (χ4n) is 3.65. The first kappa shape index (κ1) is 26.3. The van der Waals surface area contributed by atoms with Crippen LogP contribution in [0.2, 0.25) is 5.28 Å². The first-order valence-corrected chi connectivity index (χ1v) is 12.7. The van der Waals surface area contributed by atoms with Gasteiger partial charge in [0.25, 0.3) is 0 Å². The molecule has 2 unspecified atom stereocenters. The number of halogens is 2. The Balaban J connectivity index is 1.52. The standard InChI is InChI=1S/C21H24ClFN5O7P/c1-11(20(30)32-2)27-36(31,35-12-6-4-3-5-7-12)33-10-14-16(29)15(23)19(34-14)28-9-8-13-17(24)25-21(22)26-18(13)28/h3-9,11,14-16,19,29H,10H2,1-2H3,(H,27,31)(H2,24,25,26)/t11-,14+,15+,16?,19+,36?/m0/s1. The number of aliphatic hydroxyl groups is 1. The number of para-hydroxylation sites is 1. The summed E-state index contributed by atoms with van der Waals surface area (Å²) in [7, 11) is -3.05. The van der Waals surface area contributed by atoms with Crippen LogP contribution in [0.4, 0.5) is 10.2 Å². The van der Waals surface area contributed by atoms with Gasteiger partial charge < -0.3 is 29.4 Å². The zero-order valence-electron chi connectivity index (χ0n) is 19.2. The van der Waals surface area contributed by atoms with Gasteiger partial charge in [0.05, 0.1) is 19.1 Å². The molecule has 36 heavy (non-hydrogen) atoms. The van der Waals surface area contributed by atoms with Gasteiger partial charge in [0.1, 0.15) is 35.5 Å². The molecule has 0 amide bonds. The van der Waals surface area contributed by atoms with Crippen molar-refractivity contribution in [3.63, 3.8) is 0 Å². The summed E-state index contributed by atoms with van der Waals surface area (Å²) in [5.41, 5.74) is 6.06. The lowest BCUT2D eigenvalue weighted by Gasteiger charge is -2.24. The van der Waals surface area contributed by atoms with E-state index in [4.69, 9.17) is 31.1 Å². The van der Waals surface area contributed by atoms with Gasteiger partial charge in [-0.25, -0.2) is 13.9 Å². The smallest absolute Gasteiger partial charge is 0.459 e. The van der Waals surface area contributed by atoms with Crippen molar-refractivity contribution in [1.82, 2.24) is 19.6 Å². The number of nitrogens with two attached hydrogens (primary N) is 1. The van der Waals surface area contributed by atoms with Crippen molar-refractivity contribution < 1.29 is 37.4 Å². The van der Waals surface area contributed by atoms with Gasteiger partial charge in [0, 0.05) is 6.20 Å². The molecule has 0 spiro atoms. The molecule has 12 nitrogen and oxygen atoms in total. The number of hydrogen-bond acceptors (Lipinski definition) is 10. The van der Waals surface area contributed by atoms with Gasteiger partial charge in [-0.1, -0.05) is 18.2 Å². The minimum Gasteiger partial charge on any atom is -0.468 e. The molecule has 4 N–H and O–H groups in total. The Morgan fingerprint density at radius 3 is 2.78 bits per heavy atom.